The second-order valence-corrected chi connectivity index (χ2v) is 8.56. The van der Waals surface area contributed by atoms with E-state index in [1.54, 1.807) is 41.3 Å². The molecule has 1 fully saturated rings. The van der Waals surface area contributed by atoms with Gasteiger partial charge in [0.2, 0.25) is 5.91 Å². The summed E-state index contributed by atoms with van der Waals surface area (Å²) in [5.41, 5.74) is 6.41. The van der Waals surface area contributed by atoms with Gasteiger partial charge in [-0.25, -0.2) is 4.39 Å². The Balaban J connectivity index is 1.45. The van der Waals surface area contributed by atoms with Gasteiger partial charge in [-0.15, -0.1) is 11.3 Å². The van der Waals surface area contributed by atoms with Crippen molar-refractivity contribution in [1.29, 1.82) is 0 Å². The first-order valence-corrected chi connectivity index (χ1v) is 11.1. The molecule has 1 unspecified atom stereocenters. The van der Waals surface area contributed by atoms with Gasteiger partial charge in [-0.2, -0.15) is 0 Å². The standard InChI is InChI=1S/C24H22FN3O3S/c25-18-11-9-16(10-12-18)19-13-14-20(32-19)23(30)26-27-24(31)22(17-6-2-1-3-7-17)28-15-5-4-8-21(28)29/h1-3,6-7,9-14,22H,4-5,8,15H2,(H,26,30)(H,27,31). The second kappa shape index (κ2) is 9.74. The van der Waals surface area contributed by atoms with Gasteiger partial charge < -0.3 is 4.90 Å². The number of nitrogens with zero attached hydrogens (tertiary/aromatic N) is 1. The van der Waals surface area contributed by atoms with Crippen LogP contribution >= 0.6 is 11.3 Å². The number of hydrogen-bond acceptors (Lipinski definition) is 4. The van der Waals surface area contributed by atoms with Gasteiger partial charge in [-0.3, -0.25) is 25.2 Å². The van der Waals surface area contributed by atoms with Gasteiger partial charge in [0.1, 0.15) is 11.9 Å². The number of halogens is 1. The van der Waals surface area contributed by atoms with E-state index in [1.165, 1.54) is 23.5 Å². The van der Waals surface area contributed by atoms with Crippen LogP contribution in [0.25, 0.3) is 10.4 Å². The van der Waals surface area contributed by atoms with Crippen LogP contribution in [0.1, 0.15) is 40.5 Å². The molecule has 6 nitrogen and oxygen atoms in total. The normalized spacial score (nSPS) is 14.7. The predicted octanol–water partition coefficient (Wildman–Crippen LogP) is 4.07. The zero-order valence-corrected chi connectivity index (χ0v) is 18.0. The van der Waals surface area contributed by atoms with Crippen LogP contribution in [0.4, 0.5) is 4.39 Å². The minimum absolute atomic E-state index is 0.0752. The molecule has 3 aromatic rings. The first-order valence-electron chi connectivity index (χ1n) is 10.3. The highest BCUT2D eigenvalue weighted by molar-refractivity contribution is 7.17. The number of benzene rings is 2. The van der Waals surface area contributed by atoms with Gasteiger partial charge in [0.15, 0.2) is 0 Å². The molecule has 1 aromatic heterocycles. The first-order chi connectivity index (χ1) is 15.5. The Bertz CT molecular complexity index is 1120. The lowest BCUT2D eigenvalue weighted by molar-refractivity contribution is -0.143. The predicted molar refractivity (Wildman–Crippen MR) is 120 cm³/mol. The Hall–Kier alpha value is -3.52. The molecule has 1 atom stereocenters. The molecule has 4 rings (SSSR count). The van der Waals surface area contributed by atoms with Crippen molar-refractivity contribution < 1.29 is 18.8 Å². The summed E-state index contributed by atoms with van der Waals surface area (Å²) in [6, 6.07) is 17.7. The highest BCUT2D eigenvalue weighted by Gasteiger charge is 2.32. The van der Waals surface area contributed by atoms with Gasteiger partial charge in [0.25, 0.3) is 11.8 Å². The Labute approximate surface area is 189 Å². The molecule has 2 heterocycles. The van der Waals surface area contributed by atoms with Crippen molar-refractivity contribution in [2.24, 2.45) is 0 Å². The monoisotopic (exact) mass is 451 g/mol. The van der Waals surface area contributed by atoms with E-state index in [9.17, 15) is 18.8 Å². The molecule has 0 radical (unpaired) electrons. The first kappa shape index (κ1) is 21.7. The number of piperidine rings is 1. The van der Waals surface area contributed by atoms with E-state index in [-0.39, 0.29) is 11.7 Å². The zero-order chi connectivity index (χ0) is 22.5. The maximum Gasteiger partial charge on any atom is 0.279 e. The SMILES string of the molecule is O=C(NNC(=O)C(c1ccccc1)N1CCCCC1=O)c1ccc(-c2ccc(F)cc2)s1. The number of nitrogens with one attached hydrogen (secondary N) is 2. The molecule has 0 bridgehead atoms. The van der Waals surface area contributed by atoms with E-state index < -0.39 is 17.9 Å². The van der Waals surface area contributed by atoms with Crippen molar-refractivity contribution in [2.75, 3.05) is 6.54 Å². The van der Waals surface area contributed by atoms with E-state index in [0.29, 0.717) is 23.4 Å². The van der Waals surface area contributed by atoms with E-state index in [4.69, 9.17) is 0 Å². The summed E-state index contributed by atoms with van der Waals surface area (Å²) in [6.07, 6.45) is 2.05. The molecule has 0 aliphatic carbocycles. The maximum absolute atomic E-state index is 13.1. The minimum Gasteiger partial charge on any atom is -0.326 e. The molecular weight excluding hydrogens is 429 g/mol. The third kappa shape index (κ3) is 4.86. The lowest BCUT2D eigenvalue weighted by Gasteiger charge is -2.34. The Morgan fingerprint density at radius 2 is 1.69 bits per heavy atom. The van der Waals surface area contributed by atoms with E-state index in [0.717, 1.165) is 23.3 Å². The van der Waals surface area contributed by atoms with E-state index in [1.807, 2.05) is 18.2 Å². The van der Waals surface area contributed by atoms with Crippen LogP contribution in [0.5, 0.6) is 0 Å². The van der Waals surface area contributed by atoms with Crippen molar-refractivity contribution in [3.8, 4) is 10.4 Å². The van der Waals surface area contributed by atoms with Crippen molar-refractivity contribution in [3.05, 3.63) is 83.0 Å². The van der Waals surface area contributed by atoms with Crippen LogP contribution in [-0.2, 0) is 9.59 Å². The number of rotatable bonds is 5. The molecule has 1 aliphatic heterocycles. The molecule has 2 N–H and O–H groups in total. The Morgan fingerprint density at radius 1 is 0.938 bits per heavy atom. The Kier molecular flexibility index (Phi) is 6.61. The fraction of sp³-hybridized carbons (Fsp3) is 0.208. The number of carbonyl (C=O) groups is 3. The summed E-state index contributed by atoms with van der Waals surface area (Å²) in [6.45, 7) is 0.492. The van der Waals surface area contributed by atoms with Crippen LogP contribution in [0, 0.1) is 5.82 Å². The number of thiophene rings is 1. The number of carbonyl (C=O) groups excluding carboxylic acids is 3. The third-order valence-electron chi connectivity index (χ3n) is 5.29. The number of hydrogen-bond donors (Lipinski definition) is 2. The van der Waals surface area contributed by atoms with Crippen LogP contribution < -0.4 is 10.9 Å². The van der Waals surface area contributed by atoms with Gasteiger partial charge in [0, 0.05) is 17.8 Å². The van der Waals surface area contributed by atoms with Crippen LogP contribution in [0.2, 0.25) is 0 Å². The van der Waals surface area contributed by atoms with E-state index in [2.05, 4.69) is 10.9 Å². The lowest BCUT2D eigenvalue weighted by Crippen LogP contribution is -2.50. The Morgan fingerprint density at radius 3 is 2.41 bits per heavy atom. The summed E-state index contributed by atoms with van der Waals surface area (Å²) in [5.74, 6) is -1.34. The quantitative estimate of drug-likeness (QED) is 0.574. The zero-order valence-electron chi connectivity index (χ0n) is 17.2. The molecule has 2 aromatic carbocycles. The van der Waals surface area contributed by atoms with Crippen molar-refractivity contribution in [3.63, 3.8) is 0 Å². The largest absolute Gasteiger partial charge is 0.326 e. The summed E-state index contributed by atoms with van der Waals surface area (Å²) >= 11 is 1.23. The number of amides is 3. The molecule has 32 heavy (non-hydrogen) atoms. The summed E-state index contributed by atoms with van der Waals surface area (Å²) in [5, 5.41) is 0. The average Bonchev–Trinajstić information content (AvgIpc) is 3.30. The highest BCUT2D eigenvalue weighted by atomic mass is 32.1. The number of likely N-dealkylation sites (tertiary alicyclic amines) is 1. The summed E-state index contributed by atoms with van der Waals surface area (Å²) in [7, 11) is 0. The lowest BCUT2D eigenvalue weighted by atomic mass is 10.0. The smallest absolute Gasteiger partial charge is 0.279 e. The minimum atomic E-state index is -0.817. The summed E-state index contributed by atoms with van der Waals surface area (Å²) in [4.78, 5) is 40.9. The van der Waals surface area contributed by atoms with E-state index >= 15 is 0 Å². The molecule has 0 spiro atoms. The maximum atomic E-state index is 13.1. The van der Waals surface area contributed by atoms with Crippen molar-refractivity contribution in [2.45, 2.75) is 25.3 Å². The van der Waals surface area contributed by atoms with Crippen molar-refractivity contribution >= 4 is 29.1 Å². The van der Waals surface area contributed by atoms with Gasteiger partial charge in [-0.05, 0) is 48.2 Å². The van der Waals surface area contributed by atoms with Crippen LogP contribution in [0.3, 0.4) is 0 Å². The van der Waals surface area contributed by atoms with Gasteiger partial charge in [-0.1, -0.05) is 42.5 Å². The van der Waals surface area contributed by atoms with Crippen molar-refractivity contribution in [1.82, 2.24) is 15.8 Å². The fourth-order valence-electron chi connectivity index (χ4n) is 3.69. The van der Waals surface area contributed by atoms with Crippen LogP contribution in [-0.4, -0.2) is 29.2 Å². The second-order valence-electron chi connectivity index (χ2n) is 7.47. The molecule has 8 heteroatoms. The molecular formula is C24H22FN3O3S. The molecule has 1 saturated heterocycles. The average molecular weight is 452 g/mol. The number of hydrazine groups is 1. The fourth-order valence-corrected chi connectivity index (χ4v) is 4.59. The molecule has 164 valence electrons. The summed E-state index contributed by atoms with van der Waals surface area (Å²) < 4.78 is 13.1. The highest BCUT2D eigenvalue weighted by Crippen LogP contribution is 2.28. The van der Waals surface area contributed by atoms with Gasteiger partial charge >= 0.3 is 0 Å². The molecule has 1 aliphatic rings. The van der Waals surface area contributed by atoms with Gasteiger partial charge in [0.05, 0.1) is 4.88 Å². The molecule has 0 saturated carbocycles. The topological polar surface area (TPSA) is 78.5 Å². The molecule has 3 amide bonds. The van der Waals surface area contributed by atoms with Crippen LogP contribution in [0.15, 0.2) is 66.7 Å². The third-order valence-corrected chi connectivity index (χ3v) is 6.43.